The van der Waals surface area contributed by atoms with Gasteiger partial charge in [-0.2, -0.15) is 0 Å². The number of likely N-dealkylation sites (N-methyl/N-ethyl adjacent to an activating group) is 2. The molecule has 8 nitrogen and oxygen atoms in total. The van der Waals surface area contributed by atoms with E-state index in [1.54, 1.807) is 7.11 Å². The molecule has 0 spiro atoms. The Morgan fingerprint density at radius 2 is 1.43 bits per heavy atom. The number of hydrogen-bond acceptors (Lipinski definition) is 8. The van der Waals surface area contributed by atoms with Gasteiger partial charge in [-0.3, -0.25) is 9.80 Å². The molecule has 6 aliphatic heterocycles. The predicted molar refractivity (Wildman–Crippen MR) is 173 cm³/mol. The summed E-state index contributed by atoms with van der Waals surface area (Å²) >= 11 is 0. The van der Waals surface area contributed by atoms with Crippen LogP contribution in [0.4, 0.5) is 0 Å². The molecule has 0 amide bonds. The van der Waals surface area contributed by atoms with Gasteiger partial charge in [-0.05, 0) is 110 Å². The van der Waals surface area contributed by atoms with E-state index in [4.69, 9.17) is 28.4 Å². The second kappa shape index (κ2) is 10.9. The highest BCUT2D eigenvalue weighted by Gasteiger charge is 2.37. The van der Waals surface area contributed by atoms with E-state index in [1.165, 1.54) is 33.4 Å². The standard InChI is InChI=1S/C38H38N2O6/c1-39-12-10-24-17-33-34-19-28(24)29(39)15-23-6-9-31(43-21-27-20-42-27)32(16-23)44-26-7-4-22(5-8-26)14-30-36-25(11-13-40(30)2)18-35(41-3)37(45-33)38(36)46-34/h4-9,16-19,27,29-30H,10-15,20-21H2,1-3H3. The van der Waals surface area contributed by atoms with Crippen molar-refractivity contribution in [3.63, 3.8) is 0 Å². The number of benzene rings is 4. The third-order valence-corrected chi connectivity index (χ3v) is 10.2. The third-order valence-electron chi connectivity index (χ3n) is 10.2. The van der Waals surface area contributed by atoms with Crippen LogP contribution in [0, 0.1) is 0 Å². The van der Waals surface area contributed by atoms with Gasteiger partial charge in [-0.25, -0.2) is 0 Å². The van der Waals surface area contributed by atoms with Crippen LogP contribution in [0.25, 0.3) is 0 Å². The van der Waals surface area contributed by atoms with Gasteiger partial charge in [0.15, 0.2) is 34.5 Å². The Bertz CT molecular complexity index is 1830. The minimum atomic E-state index is 0.108. The van der Waals surface area contributed by atoms with Crippen LogP contribution in [0.5, 0.6) is 46.0 Å². The molecule has 46 heavy (non-hydrogen) atoms. The lowest BCUT2D eigenvalue weighted by Crippen LogP contribution is -2.34. The van der Waals surface area contributed by atoms with E-state index in [1.807, 2.05) is 6.07 Å². The maximum atomic E-state index is 6.93. The third kappa shape index (κ3) is 4.87. The largest absolute Gasteiger partial charge is 0.493 e. The van der Waals surface area contributed by atoms with Crippen LogP contribution in [0.2, 0.25) is 0 Å². The van der Waals surface area contributed by atoms with Crippen molar-refractivity contribution in [2.24, 2.45) is 0 Å². The highest BCUT2D eigenvalue weighted by atomic mass is 16.6. The van der Waals surface area contributed by atoms with Crippen LogP contribution in [-0.2, 0) is 30.4 Å². The van der Waals surface area contributed by atoms with Crippen LogP contribution in [0.3, 0.4) is 0 Å². The summed E-state index contributed by atoms with van der Waals surface area (Å²) in [7, 11) is 6.11. The topological polar surface area (TPSA) is 65.2 Å². The van der Waals surface area contributed by atoms with Gasteiger partial charge < -0.3 is 28.4 Å². The Kier molecular flexibility index (Phi) is 6.66. The molecule has 6 heterocycles. The van der Waals surface area contributed by atoms with Crippen molar-refractivity contribution in [1.29, 1.82) is 0 Å². The predicted octanol–water partition coefficient (Wildman–Crippen LogP) is 7.02. The molecule has 4 aromatic carbocycles. The first-order chi connectivity index (χ1) is 22.5. The highest BCUT2D eigenvalue weighted by Crippen LogP contribution is 2.56. The van der Waals surface area contributed by atoms with Gasteiger partial charge in [0, 0.05) is 30.7 Å². The number of rotatable bonds is 4. The smallest absolute Gasteiger partial charge is 0.212 e. The minimum Gasteiger partial charge on any atom is -0.493 e. The van der Waals surface area contributed by atoms with Crippen LogP contribution < -0.4 is 23.7 Å². The molecule has 0 aromatic heterocycles. The lowest BCUT2D eigenvalue weighted by molar-refractivity contribution is 0.218. The molecule has 7 bridgehead atoms. The Morgan fingerprint density at radius 1 is 0.717 bits per heavy atom. The molecule has 1 saturated heterocycles. The van der Waals surface area contributed by atoms with Gasteiger partial charge in [0.25, 0.3) is 0 Å². The summed E-state index contributed by atoms with van der Waals surface area (Å²) in [6.45, 7) is 3.17. The van der Waals surface area contributed by atoms with Crippen molar-refractivity contribution in [2.75, 3.05) is 47.5 Å². The zero-order valence-corrected chi connectivity index (χ0v) is 26.5. The molecular weight excluding hydrogens is 580 g/mol. The number of methoxy groups -OCH3 is 1. The van der Waals surface area contributed by atoms with Gasteiger partial charge in [-0.1, -0.05) is 18.2 Å². The molecule has 0 radical (unpaired) electrons. The molecule has 0 N–H and O–H groups in total. The molecule has 10 rings (SSSR count). The number of epoxide rings is 1. The average molecular weight is 619 g/mol. The maximum absolute atomic E-state index is 6.93. The molecule has 3 atom stereocenters. The van der Waals surface area contributed by atoms with E-state index in [0.29, 0.717) is 12.4 Å². The Morgan fingerprint density at radius 3 is 2.24 bits per heavy atom. The summed E-state index contributed by atoms with van der Waals surface area (Å²) in [5.74, 6) is 5.90. The number of nitrogens with zero attached hydrogens (tertiary/aromatic N) is 2. The number of hydrogen-bond donors (Lipinski definition) is 0. The Balaban J connectivity index is 1.20. The summed E-state index contributed by atoms with van der Waals surface area (Å²) in [6.07, 6.45) is 3.66. The summed E-state index contributed by atoms with van der Waals surface area (Å²) < 4.78 is 37.6. The Labute approximate surface area is 269 Å². The number of ether oxygens (including phenoxy) is 6. The first-order valence-electron chi connectivity index (χ1n) is 16.3. The van der Waals surface area contributed by atoms with Gasteiger partial charge in [0.05, 0.1) is 13.7 Å². The highest BCUT2D eigenvalue weighted by molar-refractivity contribution is 5.67. The molecule has 8 heteroatoms. The van der Waals surface area contributed by atoms with E-state index in [0.717, 1.165) is 85.6 Å². The van der Waals surface area contributed by atoms with Gasteiger partial charge in [0.1, 0.15) is 18.5 Å². The first kappa shape index (κ1) is 28.0. The molecule has 6 aliphatic rings. The quantitative estimate of drug-likeness (QED) is 0.199. The monoisotopic (exact) mass is 618 g/mol. The lowest BCUT2D eigenvalue weighted by Gasteiger charge is -2.39. The molecule has 4 aromatic rings. The second-order valence-corrected chi connectivity index (χ2v) is 13.2. The zero-order chi connectivity index (χ0) is 30.9. The van der Waals surface area contributed by atoms with Gasteiger partial charge in [-0.15, -0.1) is 0 Å². The molecule has 0 saturated carbocycles. The van der Waals surface area contributed by atoms with E-state index in [-0.39, 0.29) is 18.2 Å². The molecule has 236 valence electrons. The van der Waals surface area contributed by atoms with Gasteiger partial charge in [0.2, 0.25) is 5.75 Å². The maximum Gasteiger partial charge on any atom is 0.212 e. The summed E-state index contributed by atoms with van der Waals surface area (Å²) in [5.41, 5.74) is 7.39. The van der Waals surface area contributed by atoms with E-state index >= 15 is 0 Å². The average Bonchev–Trinajstić information content (AvgIpc) is 3.90. The second-order valence-electron chi connectivity index (χ2n) is 13.2. The van der Waals surface area contributed by atoms with Crippen molar-refractivity contribution < 1.29 is 28.4 Å². The van der Waals surface area contributed by atoms with Crippen molar-refractivity contribution in [3.05, 3.63) is 94.0 Å². The number of fused-ring (bicyclic) bond motifs is 2. The molecule has 0 aliphatic carbocycles. The fourth-order valence-electron chi connectivity index (χ4n) is 7.51. The fourth-order valence-corrected chi connectivity index (χ4v) is 7.51. The van der Waals surface area contributed by atoms with Crippen molar-refractivity contribution >= 4 is 0 Å². The normalized spacial score (nSPS) is 22.6. The lowest BCUT2D eigenvalue weighted by atomic mass is 9.86. The Hall–Kier alpha value is -4.24. The van der Waals surface area contributed by atoms with Crippen LogP contribution in [0.15, 0.2) is 60.7 Å². The minimum absolute atomic E-state index is 0.108. The van der Waals surface area contributed by atoms with Gasteiger partial charge >= 0.3 is 0 Å². The molecular formula is C38H38N2O6. The SMILES string of the molecule is COc1cc2c3c4c1Oc1cc5c(cc1O4)C(Cc1ccc(OCC4CO4)c(c1)Oc1ccc(cc1)CC3N(C)CC2)N(C)CC5. The first-order valence-corrected chi connectivity index (χ1v) is 16.3. The fraction of sp³-hybridized carbons (Fsp3) is 0.368. The molecule has 3 unspecified atom stereocenters. The van der Waals surface area contributed by atoms with Crippen LogP contribution >= 0.6 is 0 Å². The van der Waals surface area contributed by atoms with E-state index < -0.39 is 0 Å². The summed E-state index contributed by atoms with van der Waals surface area (Å²) in [4.78, 5) is 4.86. The van der Waals surface area contributed by atoms with Crippen LogP contribution in [-0.4, -0.2) is 63.4 Å². The zero-order valence-electron chi connectivity index (χ0n) is 26.5. The van der Waals surface area contributed by atoms with Crippen molar-refractivity contribution in [1.82, 2.24) is 9.80 Å². The van der Waals surface area contributed by atoms with Crippen LogP contribution in [0.1, 0.15) is 45.5 Å². The van der Waals surface area contributed by atoms with E-state index in [9.17, 15) is 0 Å². The van der Waals surface area contributed by atoms with Crippen molar-refractivity contribution in [2.45, 2.75) is 43.9 Å². The summed E-state index contributed by atoms with van der Waals surface area (Å²) in [5, 5.41) is 0. The summed E-state index contributed by atoms with van der Waals surface area (Å²) in [6, 6.07) is 21.6. The van der Waals surface area contributed by atoms with Crippen molar-refractivity contribution in [3.8, 4) is 46.0 Å². The van der Waals surface area contributed by atoms with E-state index in [2.05, 4.69) is 78.5 Å². The molecule has 1 fully saturated rings.